The van der Waals surface area contributed by atoms with Crippen LogP contribution in [0.4, 0.5) is 10.7 Å². The number of hydrogen-bond donors (Lipinski definition) is 1. The van der Waals surface area contributed by atoms with E-state index in [4.69, 9.17) is 14.5 Å². The standard InChI is InChI=1S/C24H22N2O3S/c27-23(26-17-6-2-1-3-7-17)22-18-8-4-5-9-21(18)30-24(22)25-15-16-10-11-19-20(14-16)29-13-12-28-19/h1-3,6-7,10-11,14-15H,4-5,8-9,12-13H2,(H,26,27). The van der Waals surface area contributed by atoms with Crippen LogP contribution in [-0.2, 0) is 12.8 Å². The number of carbonyl (C=O) groups is 1. The van der Waals surface area contributed by atoms with Crippen molar-refractivity contribution in [3.63, 3.8) is 0 Å². The summed E-state index contributed by atoms with van der Waals surface area (Å²) in [7, 11) is 0. The van der Waals surface area contributed by atoms with Crippen molar-refractivity contribution in [2.75, 3.05) is 18.5 Å². The molecule has 0 saturated carbocycles. The average molecular weight is 419 g/mol. The number of fused-ring (bicyclic) bond motifs is 2. The van der Waals surface area contributed by atoms with Gasteiger partial charge in [-0.2, -0.15) is 0 Å². The second-order valence-corrected chi connectivity index (χ2v) is 8.46. The highest BCUT2D eigenvalue weighted by Gasteiger charge is 2.25. The van der Waals surface area contributed by atoms with E-state index in [1.54, 1.807) is 17.6 Å². The van der Waals surface area contributed by atoms with Crippen molar-refractivity contribution < 1.29 is 14.3 Å². The summed E-state index contributed by atoms with van der Waals surface area (Å²) in [5.74, 6) is 1.40. The van der Waals surface area contributed by atoms with Crippen molar-refractivity contribution >= 4 is 34.1 Å². The van der Waals surface area contributed by atoms with Gasteiger partial charge in [-0.25, -0.2) is 4.99 Å². The lowest BCUT2D eigenvalue weighted by molar-refractivity contribution is 0.102. The van der Waals surface area contributed by atoms with Crippen molar-refractivity contribution in [2.24, 2.45) is 4.99 Å². The van der Waals surface area contributed by atoms with E-state index in [0.29, 0.717) is 18.8 Å². The van der Waals surface area contributed by atoms with E-state index in [1.807, 2.05) is 48.5 Å². The quantitative estimate of drug-likeness (QED) is 0.577. The van der Waals surface area contributed by atoms with Crippen LogP contribution in [0.1, 0.15) is 39.2 Å². The Morgan fingerprint density at radius 3 is 2.67 bits per heavy atom. The molecule has 5 rings (SSSR count). The normalized spacial score (nSPS) is 15.1. The smallest absolute Gasteiger partial charge is 0.259 e. The number of thiophene rings is 1. The summed E-state index contributed by atoms with van der Waals surface area (Å²) in [5.41, 5.74) is 3.58. The molecule has 3 aromatic rings. The number of aryl methyl sites for hydroxylation is 1. The zero-order valence-electron chi connectivity index (χ0n) is 16.5. The summed E-state index contributed by atoms with van der Waals surface area (Å²) in [6, 6.07) is 15.3. The zero-order valence-corrected chi connectivity index (χ0v) is 17.3. The van der Waals surface area contributed by atoms with Crippen LogP contribution >= 0.6 is 11.3 Å². The Hall–Kier alpha value is -3.12. The maximum Gasteiger partial charge on any atom is 0.259 e. The Labute approximate surface area is 179 Å². The number of rotatable bonds is 4. The zero-order chi connectivity index (χ0) is 20.3. The van der Waals surface area contributed by atoms with Gasteiger partial charge in [0.1, 0.15) is 18.2 Å². The first-order chi connectivity index (χ1) is 14.8. The monoisotopic (exact) mass is 418 g/mol. The molecule has 6 heteroatoms. The number of carbonyl (C=O) groups excluding carboxylic acids is 1. The highest BCUT2D eigenvalue weighted by molar-refractivity contribution is 7.16. The second-order valence-electron chi connectivity index (χ2n) is 7.37. The Kier molecular flexibility index (Phi) is 5.24. The fourth-order valence-electron chi connectivity index (χ4n) is 3.87. The van der Waals surface area contributed by atoms with Crippen LogP contribution in [-0.4, -0.2) is 25.3 Å². The predicted octanol–water partition coefficient (Wildman–Crippen LogP) is 5.40. The summed E-state index contributed by atoms with van der Waals surface area (Å²) >= 11 is 1.63. The Balaban J connectivity index is 1.46. The maximum absolute atomic E-state index is 13.2. The van der Waals surface area contributed by atoms with E-state index in [1.165, 1.54) is 11.3 Å². The Bertz CT molecular complexity index is 1110. The van der Waals surface area contributed by atoms with Crippen LogP contribution in [0.2, 0.25) is 0 Å². The number of para-hydroxylation sites is 1. The molecule has 0 atom stereocenters. The fraction of sp³-hybridized carbons (Fsp3) is 0.250. The van der Waals surface area contributed by atoms with Gasteiger partial charge in [-0.3, -0.25) is 4.79 Å². The van der Waals surface area contributed by atoms with Gasteiger partial charge in [0, 0.05) is 16.8 Å². The van der Waals surface area contributed by atoms with Gasteiger partial charge in [0.2, 0.25) is 0 Å². The number of benzene rings is 2. The highest BCUT2D eigenvalue weighted by atomic mass is 32.1. The number of hydrogen-bond acceptors (Lipinski definition) is 5. The Morgan fingerprint density at radius 1 is 1.00 bits per heavy atom. The van der Waals surface area contributed by atoms with Gasteiger partial charge in [0.25, 0.3) is 5.91 Å². The number of nitrogens with zero attached hydrogens (tertiary/aromatic N) is 1. The van der Waals surface area contributed by atoms with Gasteiger partial charge in [-0.15, -0.1) is 11.3 Å². The summed E-state index contributed by atoms with van der Waals surface area (Å²) < 4.78 is 11.2. The van der Waals surface area contributed by atoms with Crippen molar-refractivity contribution in [2.45, 2.75) is 25.7 Å². The summed E-state index contributed by atoms with van der Waals surface area (Å²) in [6.07, 6.45) is 6.03. The molecular weight excluding hydrogens is 396 g/mol. The molecule has 152 valence electrons. The van der Waals surface area contributed by atoms with Crippen molar-refractivity contribution in [3.05, 3.63) is 70.1 Å². The van der Waals surface area contributed by atoms with Crippen molar-refractivity contribution in [1.82, 2.24) is 0 Å². The first-order valence-electron chi connectivity index (χ1n) is 10.2. The number of aliphatic imine (C=N–C) groups is 1. The highest BCUT2D eigenvalue weighted by Crippen LogP contribution is 2.40. The third-order valence-corrected chi connectivity index (χ3v) is 6.51. The maximum atomic E-state index is 13.2. The lowest BCUT2D eigenvalue weighted by Gasteiger charge is -2.18. The molecule has 2 aromatic carbocycles. The van der Waals surface area contributed by atoms with Gasteiger partial charge in [0.15, 0.2) is 11.5 Å². The topological polar surface area (TPSA) is 59.9 Å². The molecule has 0 unspecified atom stereocenters. The number of anilines is 1. The molecule has 0 fully saturated rings. The van der Waals surface area contributed by atoms with Gasteiger partial charge in [0.05, 0.1) is 5.56 Å². The number of amides is 1. The molecule has 0 saturated heterocycles. The van der Waals surface area contributed by atoms with Gasteiger partial charge < -0.3 is 14.8 Å². The minimum atomic E-state index is -0.0880. The summed E-state index contributed by atoms with van der Waals surface area (Å²) in [4.78, 5) is 19.2. The number of nitrogens with one attached hydrogen (secondary N) is 1. The fourth-order valence-corrected chi connectivity index (χ4v) is 5.10. The molecule has 0 radical (unpaired) electrons. The summed E-state index contributed by atoms with van der Waals surface area (Å²) in [6.45, 7) is 1.12. The van der Waals surface area contributed by atoms with Crippen molar-refractivity contribution in [1.29, 1.82) is 0 Å². The van der Waals surface area contributed by atoms with Gasteiger partial charge in [-0.05, 0) is 67.1 Å². The van der Waals surface area contributed by atoms with Gasteiger partial charge in [-0.1, -0.05) is 18.2 Å². The molecule has 0 bridgehead atoms. The van der Waals surface area contributed by atoms with Crippen LogP contribution in [0, 0.1) is 0 Å². The van der Waals surface area contributed by atoms with Crippen LogP contribution in [0.15, 0.2) is 53.5 Å². The lowest BCUT2D eigenvalue weighted by atomic mass is 9.95. The van der Waals surface area contributed by atoms with E-state index in [0.717, 1.165) is 52.6 Å². The van der Waals surface area contributed by atoms with Crippen LogP contribution in [0.25, 0.3) is 0 Å². The van der Waals surface area contributed by atoms with Crippen LogP contribution < -0.4 is 14.8 Å². The van der Waals surface area contributed by atoms with Crippen LogP contribution in [0.3, 0.4) is 0 Å². The first-order valence-corrected chi connectivity index (χ1v) is 11.0. The molecular formula is C24H22N2O3S. The minimum Gasteiger partial charge on any atom is -0.486 e. The van der Waals surface area contributed by atoms with E-state index in [2.05, 4.69) is 5.32 Å². The molecule has 5 nitrogen and oxygen atoms in total. The molecule has 1 aliphatic heterocycles. The largest absolute Gasteiger partial charge is 0.486 e. The molecule has 0 spiro atoms. The predicted molar refractivity (Wildman–Crippen MR) is 120 cm³/mol. The van der Waals surface area contributed by atoms with Crippen molar-refractivity contribution in [3.8, 4) is 11.5 Å². The molecule has 1 aromatic heterocycles. The van der Waals surface area contributed by atoms with Gasteiger partial charge >= 0.3 is 0 Å². The van der Waals surface area contributed by atoms with Crippen LogP contribution in [0.5, 0.6) is 11.5 Å². The third-order valence-electron chi connectivity index (χ3n) is 5.31. The van der Waals surface area contributed by atoms with E-state index < -0.39 is 0 Å². The molecule has 1 amide bonds. The number of ether oxygens (including phenoxy) is 2. The Morgan fingerprint density at radius 2 is 1.80 bits per heavy atom. The second kappa shape index (κ2) is 8.32. The average Bonchev–Trinajstić information content (AvgIpc) is 3.17. The lowest BCUT2D eigenvalue weighted by Crippen LogP contribution is -2.15. The third kappa shape index (κ3) is 3.83. The molecule has 1 aliphatic carbocycles. The van der Waals surface area contributed by atoms with E-state index >= 15 is 0 Å². The molecule has 1 N–H and O–H groups in total. The minimum absolute atomic E-state index is 0.0880. The SMILES string of the molecule is O=C(Nc1ccccc1)c1c(N=Cc2ccc3c(c2)OCCO3)sc2c1CCCC2. The van der Waals surface area contributed by atoms with E-state index in [-0.39, 0.29) is 5.91 Å². The molecule has 2 heterocycles. The van der Waals surface area contributed by atoms with E-state index in [9.17, 15) is 4.79 Å². The molecule has 30 heavy (non-hydrogen) atoms. The molecule has 2 aliphatic rings. The first kappa shape index (κ1) is 18.9. The summed E-state index contributed by atoms with van der Waals surface area (Å²) in [5, 5.41) is 3.80.